The lowest BCUT2D eigenvalue weighted by Gasteiger charge is -2.21. The third-order valence-electron chi connectivity index (χ3n) is 11.1. The van der Waals surface area contributed by atoms with E-state index in [9.17, 15) is 15.8 Å². The van der Waals surface area contributed by atoms with Gasteiger partial charge < -0.3 is 9.13 Å². The van der Waals surface area contributed by atoms with E-state index in [4.69, 9.17) is 13.1 Å². The van der Waals surface area contributed by atoms with E-state index in [1.54, 1.807) is 36.7 Å². The Bertz CT molecular complexity index is 3450. The van der Waals surface area contributed by atoms with Crippen LogP contribution >= 0.6 is 0 Å². The van der Waals surface area contributed by atoms with Gasteiger partial charge in [-0.1, -0.05) is 72.8 Å². The van der Waals surface area contributed by atoms with Gasteiger partial charge in [0, 0.05) is 39.5 Å². The molecule has 0 N–H and O–H groups in total. The number of benzene rings is 7. The summed E-state index contributed by atoms with van der Waals surface area (Å²) in [5, 5.41) is 34.2. The Kier molecular flexibility index (Phi) is 8.23. The number of aromatic nitrogens is 3. The fourth-order valence-electron chi connectivity index (χ4n) is 8.53. The van der Waals surface area contributed by atoms with E-state index < -0.39 is 0 Å². The average molecular weight is 763 g/mol. The number of rotatable bonds is 5. The van der Waals surface area contributed by atoms with Gasteiger partial charge in [-0.15, -0.1) is 0 Å². The second-order valence-electron chi connectivity index (χ2n) is 14.3. The molecule has 8 nitrogen and oxygen atoms in total. The van der Waals surface area contributed by atoms with Gasteiger partial charge in [0.15, 0.2) is 11.4 Å². The molecule has 0 aliphatic rings. The first kappa shape index (κ1) is 35.2. The van der Waals surface area contributed by atoms with Crippen molar-refractivity contribution in [3.8, 4) is 63.0 Å². The topological polar surface area (TPSA) is 103 Å². The van der Waals surface area contributed by atoms with Crippen LogP contribution in [0.5, 0.6) is 0 Å². The van der Waals surface area contributed by atoms with Crippen LogP contribution in [0.1, 0.15) is 16.7 Å². The summed E-state index contributed by atoms with van der Waals surface area (Å²) < 4.78 is 4.43. The fraction of sp³-hybridized carbons (Fsp3) is 0. The first-order valence-corrected chi connectivity index (χ1v) is 18.9. The zero-order chi connectivity index (χ0) is 40.9. The molecule has 0 aliphatic carbocycles. The van der Waals surface area contributed by atoms with E-state index in [0.717, 1.165) is 88.4 Å². The highest BCUT2D eigenvalue weighted by atomic mass is 15.0. The van der Waals surface area contributed by atoms with Crippen LogP contribution in [0.25, 0.3) is 98.1 Å². The summed E-state index contributed by atoms with van der Waals surface area (Å²) in [6, 6.07) is 53.8. The lowest BCUT2D eigenvalue weighted by atomic mass is 9.97. The molecule has 10 rings (SSSR count). The van der Waals surface area contributed by atoms with Crippen LogP contribution in [0, 0.1) is 47.1 Å². The van der Waals surface area contributed by atoms with Crippen molar-refractivity contribution in [3.05, 3.63) is 198 Å². The largest absolute Gasteiger partial charge is 0.308 e. The van der Waals surface area contributed by atoms with Crippen LogP contribution < -0.4 is 0 Å². The number of fused-ring (bicyclic) bond motifs is 6. The van der Waals surface area contributed by atoms with E-state index in [2.05, 4.69) is 90.5 Å². The third-order valence-corrected chi connectivity index (χ3v) is 11.1. The van der Waals surface area contributed by atoms with Crippen LogP contribution in [0.3, 0.4) is 0 Å². The van der Waals surface area contributed by atoms with Gasteiger partial charge in [-0.3, -0.25) is 4.98 Å². The molecule has 0 saturated carbocycles. The lowest BCUT2D eigenvalue weighted by molar-refractivity contribution is 1.13. The molecule has 7 aromatic carbocycles. The average Bonchev–Trinajstić information content (AvgIpc) is 3.83. The quantitative estimate of drug-likeness (QED) is 0.163. The maximum atomic E-state index is 10.7. The van der Waals surface area contributed by atoms with Crippen LogP contribution in [0.15, 0.2) is 158 Å². The number of nitriles is 3. The molecule has 0 atom stereocenters. The van der Waals surface area contributed by atoms with Gasteiger partial charge >= 0.3 is 0 Å². The summed E-state index contributed by atoms with van der Waals surface area (Å²) in [4.78, 5) is 11.7. The maximum absolute atomic E-state index is 10.7. The van der Waals surface area contributed by atoms with Gasteiger partial charge in [-0.25, -0.2) is 9.69 Å². The highest BCUT2D eigenvalue weighted by molar-refractivity contribution is 6.13. The SMILES string of the molecule is [C-]#[N+]c1ccc(-c2ccc3c(c2)c2ccccc2n3-c2cc(C#N)cc(-n3c4ccccc4c4cc(-c5ccc(C#N)cc5C#N)ccc43)c2-c2ccncc2)c([N+]#[C-])c1. The smallest absolute Gasteiger partial charge is 0.184 e. The normalized spacial score (nSPS) is 10.9. The molecule has 0 radical (unpaired) electrons. The van der Waals surface area contributed by atoms with E-state index >= 15 is 0 Å². The molecule has 60 heavy (non-hydrogen) atoms. The first-order chi connectivity index (χ1) is 29.5. The molecule has 8 heteroatoms. The summed E-state index contributed by atoms with van der Waals surface area (Å²) in [6.45, 7) is 15.3. The Morgan fingerprint density at radius 3 is 1.60 bits per heavy atom. The van der Waals surface area contributed by atoms with E-state index in [1.165, 1.54) is 0 Å². The minimum atomic E-state index is 0.415. The van der Waals surface area contributed by atoms with E-state index in [1.807, 2.05) is 72.8 Å². The summed E-state index contributed by atoms with van der Waals surface area (Å²) in [7, 11) is 0. The third kappa shape index (κ3) is 5.45. The van der Waals surface area contributed by atoms with Gasteiger partial charge in [0.05, 0.1) is 81.5 Å². The number of para-hydroxylation sites is 2. The van der Waals surface area contributed by atoms with Crippen molar-refractivity contribution >= 4 is 55.0 Å². The van der Waals surface area contributed by atoms with Gasteiger partial charge in [-0.2, -0.15) is 15.8 Å². The van der Waals surface area contributed by atoms with Crippen LogP contribution in [0.4, 0.5) is 11.4 Å². The standard InChI is InChI=1S/C52H26N8/c1-56-38-14-16-40(45(28-38)57-2)36-13-18-49-44(27-36)42-8-4-6-10-47(42)60(49)51-25-33(30-54)24-50(52(51)34-19-21-58-22-20-34)59-46-9-5-3-7-41(46)43-26-35(12-17-48(43)59)39-15-11-32(29-53)23-37(39)31-55/h3-28H. The van der Waals surface area contributed by atoms with Gasteiger partial charge in [0.1, 0.15) is 0 Å². The number of nitrogens with zero attached hydrogens (tertiary/aromatic N) is 8. The molecule has 274 valence electrons. The molecule has 0 aliphatic heterocycles. The van der Waals surface area contributed by atoms with Gasteiger partial charge in [0.25, 0.3) is 0 Å². The zero-order valence-electron chi connectivity index (χ0n) is 31.6. The fourth-order valence-corrected chi connectivity index (χ4v) is 8.53. The van der Waals surface area contributed by atoms with E-state index in [-0.39, 0.29) is 0 Å². The maximum Gasteiger partial charge on any atom is 0.184 e. The minimum Gasteiger partial charge on any atom is -0.308 e. The second-order valence-corrected chi connectivity index (χ2v) is 14.3. The van der Waals surface area contributed by atoms with Crippen LogP contribution in [-0.2, 0) is 0 Å². The van der Waals surface area contributed by atoms with Gasteiger partial charge in [-0.05, 0) is 101 Å². The van der Waals surface area contributed by atoms with Crippen molar-refractivity contribution in [1.82, 2.24) is 14.1 Å². The highest BCUT2D eigenvalue weighted by Crippen LogP contribution is 2.44. The molecule has 0 unspecified atom stereocenters. The van der Waals surface area contributed by atoms with Crippen LogP contribution in [0.2, 0.25) is 0 Å². The Hall–Kier alpha value is -9.26. The van der Waals surface area contributed by atoms with Crippen LogP contribution in [-0.4, -0.2) is 14.1 Å². The van der Waals surface area contributed by atoms with Crippen molar-refractivity contribution in [3.63, 3.8) is 0 Å². The zero-order valence-corrected chi connectivity index (χ0v) is 31.6. The van der Waals surface area contributed by atoms with Gasteiger partial charge in [0.2, 0.25) is 0 Å². The molecular weight excluding hydrogens is 737 g/mol. The summed E-state index contributed by atoms with van der Waals surface area (Å²) in [5.41, 5.74) is 12.5. The molecular formula is C52H26N8. The molecule has 0 saturated heterocycles. The van der Waals surface area contributed by atoms with Crippen molar-refractivity contribution in [2.75, 3.05) is 0 Å². The number of hydrogen-bond donors (Lipinski definition) is 0. The summed E-state index contributed by atoms with van der Waals surface area (Å²) >= 11 is 0. The van der Waals surface area contributed by atoms with Crippen molar-refractivity contribution in [2.24, 2.45) is 0 Å². The number of pyridine rings is 1. The molecule has 0 bridgehead atoms. The predicted octanol–water partition coefficient (Wildman–Crippen LogP) is 13.0. The minimum absolute atomic E-state index is 0.415. The molecule has 0 fully saturated rings. The molecule has 3 heterocycles. The molecule has 0 spiro atoms. The Morgan fingerprint density at radius 1 is 0.467 bits per heavy atom. The summed E-state index contributed by atoms with van der Waals surface area (Å²) in [5.74, 6) is 0. The molecule has 3 aromatic heterocycles. The summed E-state index contributed by atoms with van der Waals surface area (Å²) in [6.07, 6.45) is 3.55. The first-order valence-electron chi connectivity index (χ1n) is 18.9. The van der Waals surface area contributed by atoms with Crippen molar-refractivity contribution < 1.29 is 0 Å². The monoisotopic (exact) mass is 762 g/mol. The Balaban J connectivity index is 1.28. The predicted molar refractivity (Wildman–Crippen MR) is 236 cm³/mol. The highest BCUT2D eigenvalue weighted by Gasteiger charge is 2.24. The Labute approximate surface area is 344 Å². The molecule has 10 aromatic rings. The number of hydrogen-bond acceptors (Lipinski definition) is 4. The molecule has 0 amide bonds. The lowest BCUT2D eigenvalue weighted by Crippen LogP contribution is -2.05. The van der Waals surface area contributed by atoms with E-state index in [0.29, 0.717) is 28.1 Å². The Morgan fingerprint density at radius 2 is 1.03 bits per heavy atom. The van der Waals surface area contributed by atoms with Crippen molar-refractivity contribution in [1.29, 1.82) is 15.8 Å². The van der Waals surface area contributed by atoms with Crippen molar-refractivity contribution in [2.45, 2.75) is 0 Å². The second kappa shape index (κ2) is 14.0.